The first-order valence-corrected chi connectivity index (χ1v) is 8.69. The second-order valence-corrected chi connectivity index (χ2v) is 7.63. The van der Waals surface area contributed by atoms with Gasteiger partial charge in [0.1, 0.15) is 5.82 Å². The third kappa shape index (κ3) is 5.98. The van der Waals surface area contributed by atoms with Crippen LogP contribution in [0.25, 0.3) is 10.9 Å². The minimum Gasteiger partial charge on any atom is -0.419 e. The third-order valence-electron chi connectivity index (χ3n) is 3.18. The molecule has 8 heteroatoms. The zero-order valence-corrected chi connectivity index (χ0v) is 15.5. The van der Waals surface area contributed by atoms with Crippen molar-refractivity contribution in [1.29, 1.82) is 0 Å². The highest BCUT2D eigenvalue weighted by Crippen LogP contribution is 2.26. The summed E-state index contributed by atoms with van der Waals surface area (Å²) in [6, 6.07) is 6.45. The second kappa shape index (κ2) is 8.60. The Balaban J connectivity index is 0.000000758. The van der Waals surface area contributed by atoms with Gasteiger partial charge in [-0.3, -0.25) is 0 Å². The molecule has 0 N–H and O–H groups in total. The molecule has 0 saturated carbocycles. The number of hydrogen-bond acceptors (Lipinski definition) is 7. The second-order valence-electron chi connectivity index (χ2n) is 6.77. The van der Waals surface area contributed by atoms with E-state index in [-0.39, 0.29) is 17.4 Å². The Morgan fingerprint density at radius 1 is 1.15 bits per heavy atom. The van der Waals surface area contributed by atoms with Crippen LogP contribution in [0.15, 0.2) is 34.1 Å². The smallest absolute Gasteiger partial charge is 0.373 e. The number of hydrogen-bond donors (Lipinski definition) is 0. The average molecular weight is 375 g/mol. The Hall–Kier alpha value is -2.70. The number of aromatic nitrogens is 3. The summed E-state index contributed by atoms with van der Waals surface area (Å²) in [7, 11) is 0. The van der Waals surface area contributed by atoms with E-state index in [4.69, 9.17) is 14.0 Å². The van der Waals surface area contributed by atoms with Gasteiger partial charge in [0, 0.05) is 18.2 Å². The van der Waals surface area contributed by atoms with Gasteiger partial charge in [-0.05, 0) is 23.1 Å². The van der Waals surface area contributed by atoms with Crippen LogP contribution < -0.4 is 0 Å². The van der Waals surface area contributed by atoms with Crippen molar-refractivity contribution in [1.82, 2.24) is 15.2 Å². The SMILES string of the molecule is CC(C)(C)Cc1nnc(-c2nc(Cc3ccc(F)cc3)cs2)o1.O=C=O. The van der Waals surface area contributed by atoms with Crippen LogP contribution in [0.5, 0.6) is 0 Å². The quantitative estimate of drug-likeness (QED) is 0.687. The van der Waals surface area contributed by atoms with Gasteiger partial charge in [-0.15, -0.1) is 21.5 Å². The van der Waals surface area contributed by atoms with Crippen molar-refractivity contribution in [2.75, 3.05) is 0 Å². The van der Waals surface area contributed by atoms with E-state index in [1.165, 1.54) is 23.5 Å². The van der Waals surface area contributed by atoms with Crippen LogP contribution >= 0.6 is 11.3 Å². The first-order valence-electron chi connectivity index (χ1n) is 7.81. The highest BCUT2D eigenvalue weighted by Gasteiger charge is 2.18. The molecule has 0 fully saturated rings. The molecular formula is C18H18FN3O3S. The number of carbonyl (C=O) groups excluding carboxylic acids is 2. The van der Waals surface area contributed by atoms with Crippen molar-refractivity contribution in [3.63, 3.8) is 0 Å². The van der Waals surface area contributed by atoms with Crippen molar-refractivity contribution < 1.29 is 18.4 Å². The van der Waals surface area contributed by atoms with Crippen molar-refractivity contribution in [2.24, 2.45) is 5.41 Å². The number of rotatable bonds is 4. The van der Waals surface area contributed by atoms with E-state index >= 15 is 0 Å². The standard InChI is InChI=1S/C17H18FN3OS.CO2/c1-17(2,3)9-14-20-21-15(22-14)16-19-13(10-23-16)8-11-4-6-12(18)7-5-11;2-1-3/h4-7,10H,8-9H2,1-3H3;. The zero-order chi connectivity index (χ0) is 19.2. The lowest BCUT2D eigenvalue weighted by molar-refractivity contribution is -0.191. The topological polar surface area (TPSA) is 85.9 Å². The lowest BCUT2D eigenvalue weighted by Crippen LogP contribution is -2.09. The molecule has 0 unspecified atom stereocenters. The third-order valence-corrected chi connectivity index (χ3v) is 4.06. The molecule has 0 aliphatic rings. The van der Waals surface area contributed by atoms with Crippen LogP contribution in [-0.2, 0) is 22.4 Å². The predicted octanol–water partition coefficient (Wildman–Crippen LogP) is 3.93. The van der Waals surface area contributed by atoms with Crippen molar-refractivity contribution in [2.45, 2.75) is 33.6 Å². The molecule has 0 aliphatic heterocycles. The van der Waals surface area contributed by atoms with E-state index in [0.29, 0.717) is 18.2 Å². The average Bonchev–Trinajstić information content (AvgIpc) is 3.18. The minimum atomic E-state index is -0.232. The molecule has 0 bridgehead atoms. The van der Waals surface area contributed by atoms with Crippen molar-refractivity contribution in [3.05, 3.63) is 52.6 Å². The molecule has 26 heavy (non-hydrogen) atoms. The fourth-order valence-electron chi connectivity index (χ4n) is 2.16. The fraction of sp³-hybridized carbons (Fsp3) is 0.333. The van der Waals surface area contributed by atoms with Gasteiger partial charge in [0.05, 0.1) is 5.69 Å². The maximum atomic E-state index is 12.9. The summed E-state index contributed by atoms with van der Waals surface area (Å²) in [5.41, 5.74) is 2.02. The molecule has 136 valence electrons. The molecule has 3 rings (SSSR count). The van der Waals surface area contributed by atoms with Crippen LogP contribution in [0.3, 0.4) is 0 Å². The van der Waals surface area contributed by atoms with Gasteiger partial charge in [0.25, 0.3) is 5.89 Å². The minimum absolute atomic E-state index is 0.0976. The summed E-state index contributed by atoms with van der Waals surface area (Å²) in [5, 5.41) is 10.9. The maximum absolute atomic E-state index is 12.9. The van der Waals surface area contributed by atoms with E-state index in [2.05, 4.69) is 36.0 Å². The van der Waals surface area contributed by atoms with Gasteiger partial charge in [0.2, 0.25) is 5.89 Å². The van der Waals surface area contributed by atoms with Crippen LogP contribution in [0.1, 0.15) is 37.9 Å². The molecule has 0 aliphatic carbocycles. The summed E-state index contributed by atoms with van der Waals surface area (Å²) in [6.07, 6.45) is 1.63. The first kappa shape index (κ1) is 19.6. The van der Waals surface area contributed by atoms with E-state index in [1.54, 1.807) is 12.1 Å². The van der Waals surface area contributed by atoms with Gasteiger partial charge < -0.3 is 4.42 Å². The van der Waals surface area contributed by atoms with Gasteiger partial charge in [0.15, 0.2) is 5.01 Å². The predicted molar refractivity (Wildman–Crippen MR) is 92.8 cm³/mol. The Labute approximate surface area is 154 Å². The Morgan fingerprint density at radius 3 is 2.42 bits per heavy atom. The molecule has 1 aromatic carbocycles. The number of nitrogens with zero attached hydrogens (tertiary/aromatic N) is 3. The summed E-state index contributed by atoms with van der Waals surface area (Å²) < 4.78 is 18.6. The van der Waals surface area contributed by atoms with E-state index < -0.39 is 0 Å². The Kier molecular flexibility index (Phi) is 6.49. The molecule has 0 amide bonds. The molecule has 0 saturated heterocycles. The first-order chi connectivity index (χ1) is 12.3. The molecule has 2 aromatic heterocycles. The zero-order valence-electron chi connectivity index (χ0n) is 14.7. The van der Waals surface area contributed by atoms with Crippen LogP contribution in [0.2, 0.25) is 0 Å². The number of benzene rings is 1. The molecule has 2 heterocycles. The fourth-order valence-corrected chi connectivity index (χ4v) is 2.90. The molecular weight excluding hydrogens is 357 g/mol. The number of halogens is 1. The largest absolute Gasteiger partial charge is 0.419 e. The summed E-state index contributed by atoms with van der Waals surface area (Å²) in [4.78, 5) is 20.8. The van der Waals surface area contributed by atoms with E-state index in [1.807, 2.05) is 5.38 Å². The van der Waals surface area contributed by atoms with Gasteiger partial charge in [-0.25, -0.2) is 9.37 Å². The highest BCUT2D eigenvalue weighted by molar-refractivity contribution is 7.13. The molecule has 6 nitrogen and oxygen atoms in total. The van der Waals surface area contributed by atoms with Crippen LogP contribution in [0.4, 0.5) is 4.39 Å². The Bertz CT molecular complexity index is 876. The van der Waals surface area contributed by atoms with Gasteiger partial charge in [-0.1, -0.05) is 32.9 Å². The van der Waals surface area contributed by atoms with Gasteiger partial charge >= 0.3 is 6.15 Å². The normalized spacial score (nSPS) is 10.8. The summed E-state index contributed by atoms with van der Waals surface area (Å²) in [6.45, 7) is 6.38. The summed E-state index contributed by atoms with van der Waals surface area (Å²) in [5.74, 6) is 0.854. The molecule has 0 radical (unpaired) electrons. The Morgan fingerprint density at radius 2 is 1.81 bits per heavy atom. The van der Waals surface area contributed by atoms with E-state index in [0.717, 1.165) is 22.7 Å². The monoisotopic (exact) mass is 375 g/mol. The lowest BCUT2D eigenvalue weighted by Gasteiger charge is -2.14. The van der Waals surface area contributed by atoms with E-state index in [9.17, 15) is 4.39 Å². The molecule has 0 atom stereocenters. The molecule has 0 spiro atoms. The summed E-state index contributed by atoms with van der Waals surface area (Å²) >= 11 is 1.47. The maximum Gasteiger partial charge on any atom is 0.373 e. The lowest BCUT2D eigenvalue weighted by atomic mass is 9.92. The molecule has 3 aromatic rings. The van der Waals surface area contributed by atoms with Gasteiger partial charge in [-0.2, -0.15) is 9.59 Å². The highest BCUT2D eigenvalue weighted by atomic mass is 32.1. The van der Waals surface area contributed by atoms with Crippen molar-refractivity contribution >= 4 is 17.5 Å². The van der Waals surface area contributed by atoms with Crippen LogP contribution in [-0.4, -0.2) is 21.3 Å². The van der Waals surface area contributed by atoms with Crippen molar-refractivity contribution in [3.8, 4) is 10.9 Å². The van der Waals surface area contributed by atoms with Crippen LogP contribution in [0, 0.1) is 11.2 Å². The number of thiazole rings is 1.